The third-order valence-corrected chi connectivity index (χ3v) is 5.16. The fourth-order valence-corrected chi connectivity index (χ4v) is 3.27. The maximum atomic E-state index is 13.1. The molecule has 0 aromatic heterocycles. The average Bonchev–Trinajstić information content (AvgIpc) is 2.53. The van der Waals surface area contributed by atoms with Crippen LogP contribution in [0.5, 0.6) is 5.75 Å². The van der Waals surface area contributed by atoms with E-state index in [0.29, 0.717) is 5.75 Å². The standard InChI is InChI=1S/C24H32O2/c1-22(2,3)17-24(7,23(4,5)6)21(25)26-20-15-13-19(14-16-20)18-11-9-8-10-12-18/h8-16H,17H2,1-7H3. The van der Waals surface area contributed by atoms with E-state index in [-0.39, 0.29) is 16.8 Å². The van der Waals surface area contributed by atoms with E-state index in [1.807, 2.05) is 49.4 Å². The van der Waals surface area contributed by atoms with Gasteiger partial charge in [-0.2, -0.15) is 0 Å². The van der Waals surface area contributed by atoms with Crippen molar-refractivity contribution in [1.29, 1.82) is 0 Å². The van der Waals surface area contributed by atoms with Gasteiger partial charge in [0.15, 0.2) is 0 Å². The number of carbonyl (C=O) groups is 1. The minimum absolute atomic E-state index is 0.0399. The summed E-state index contributed by atoms with van der Waals surface area (Å²) in [5.41, 5.74) is 1.54. The van der Waals surface area contributed by atoms with Gasteiger partial charge in [-0.05, 0) is 47.4 Å². The first-order valence-corrected chi connectivity index (χ1v) is 9.30. The van der Waals surface area contributed by atoms with E-state index in [9.17, 15) is 4.79 Å². The molecule has 26 heavy (non-hydrogen) atoms. The van der Waals surface area contributed by atoms with E-state index >= 15 is 0 Å². The van der Waals surface area contributed by atoms with Gasteiger partial charge in [0.25, 0.3) is 0 Å². The third kappa shape index (κ3) is 4.75. The lowest BCUT2D eigenvalue weighted by molar-refractivity contribution is -0.154. The highest BCUT2D eigenvalue weighted by molar-refractivity contribution is 5.80. The molecule has 0 radical (unpaired) electrons. The molecule has 0 heterocycles. The molecule has 140 valence electrons. The minimum Gasteiger partial charge on any atom is -0.426 e. The van der Waals surface area contributed by atoms with Crippen molar-refractivity contribution < 1.29 is 9.53 Å². The molecule has 0 amide bonds. The van der Waals surface area contributed by atoms with Crippen LogP contribution in [0, 0.1) is 16.2 Å². The SMILES string of the molecule is CC(C)(C)CC(C)(C(=O)Oc1ccc(-c2ccccc2)cc1)C(C)(C)C. The third-order valence-electron chi connectivity index (χ3n) is 5.16. The van der Waals surface area contributed by atoms with Crippen LogP contribution in [-0.4, -0.2) is 5.97 Å². The van der Waals surface area contributed by atoms with Crippen molar-refractivity contribution in [3.05, 3.63) is 54.6 Å². The number of ether oxygens (including phenoxy) is 1. The normalized spacial score (nSPS) is 14.6. The van der Waals surface area contributed by atoms with E-state index in [0.717, 1.165) is 17.5 Å². The molecule has 0 saturated heterocycles. The summed E-state index contributed by atoms with van der Waals surface area (Å²) < 4.78 is 5.80. The molecule has 2 nitrogen and oxygen atoms in total. The predicted octanol–water partition coefficient (Wildman–Crippen LogP) is 6.75. The topological polar surface area (TPSA) is 26.3 Å². The Balaban J connectivity index is 2.21. The molecule has 1 unspecified atom stereocenters. The smallest absolute Gasteiger partial charge is 0.317 e. The number of carbonyl (C=O) groups excluding carboxylic acids is 1. The van der Waals surface area contributed by atoms with Gasteiger partial charge >= 0.3 is 5.97 Å². The number of rotatable bonds is 4. The molecule has 0 saturated carbocycles. The molecule has 0 aliphatic carbocycles. The van der Waals surface area contributed by atoms with Crippen LogP contribution >= 0.6 is 0 Å². The lowest BCUT2D eigenvalue weighted by atomic mass is 9.61. The van der Waals surface area contributed by atoms with Gasteiger partial charge in [0.2, 0.25) is 0 Å². The maximum Gasteiger partial charge on any atom is 0.317 e. The Morgan fingerprint density at radius 1 is 0.769 bits per heavy atom. The molecule has 2 aromatic carbocycles. The quantitative estimate of drug-likeness (QED) is 0.449. The van der Waals surface area contributed by atoms with E-state index in [1.54, 1.807) is 0 Å². The van der Waals surface area contributed by atoms with Crippen LogP contribution in [0.4, 0.5) is 0 Å². The van der Waals surface area contributed by atoms with Crippen molar-refractivity contribution in [2.24, 2.45) is 16.2 Å². The minimum atomic E-state index is -0.566. The summed E-state index contributed by atoms with van der Waals surface area (Å²) in [6.45, 7) is 14.9. The average molecular weight is 353 g/mol. The summed E-state index contributed by atoms with van der Waals surface area (Å²) in [7, 11) is 0. The lowest BCUT2D eigenvalue weighted by Crippen LogP contribution is -2.45. The molecule has 2 aromatic rings. The van der Waals surface area contributed by atoms with Gasteiger partial charge in [0.1, 0.15) is 5.75 Å². The summed E-state index contributed by atoms with van der Waals surface area (Å²) in [5.74, 6) is 0.437. The first-order valence-electron chi connectivity index (χ1n) is 9.30. The van der Waals surface area contributed by atoms with Crippen molar-refractivity contribution >= 4 is 5.97 Å². The molecule has 0 spiro atoms. The van der Waals surface area contributed by atoms with Gasteiger partial charge in [-0.1, -0.05) is 84.0 Å². The van der Waals surface area contributed by atoms with Crippen LogP contribution < -0.4 is 4.74 Å². The zero-order valence-corrected chi connectivity index (χ0v) is 17.2. The van der Waals surface area contributed by atoms with Gasteiger partial charge in [-0.25, -0.2) is 0 Å². The zero-order valence-electron chi connectivity index (χ0n) is 17.2. The number of hydrogen-bond acceptors (Lipinski definition) is 2. The number of benzene rings is 2. The molecule has 0 fully saturated rings. The Hall–Kier alpha value is -2.09. The van der Waals surface area contributed by atoms with Gasteiger partial charge in [0, 0.05) is 0 Å². The van der Waals surface area contributed by atoms with E-state index < -0.39 is 5.41 Å². The van der Waals surface area contributed by atoms with Crippen LogP contribution in [0.2, 0.25) is 0 Å². The largest absolute Gasteiger partial charge is 0.426 e. The molecular weight excluding hydrogens is 320 g/mol. The Morgan fingerprint density at radius 3 is 1.73 bits per heavy atom. The molecule has 0 aliphatic heterocycles. The fourth-order valence-electron chi connectivity index (χ4n) is 3.27. The lowest BCUT2D eigenvalue weighted by Gasteiger charge is -2.43. The monoisotopic (exact) mass is 352 g/mol. The summed E-state index contributed by atoms with van der Waals surface area (Å²) in [4.78, 5) is 13.1. The van der Waals surface area contributed by atoms with Crippen LogP contribution in [0.25, 0.3) is 11.1 Å². The van der Waals surface area contributed by atoms with Gasteiger partial charge in [-0.15, -0.1) is 0 Å². The molecule has 0 bridgehead atoms. The number of esters is 1. The molecule has 2 heteroatoms. The second kappa shape index (κ2) is 7.26. The molecule has 2 rings (SSSR count). The number of hydrogen-bond donors (Lipinski definition) is 0. The second-order valence-corrected chi connectivity index (χ2v) is 9.60. The molecule has 1 atom stereocenters. The van der Waals surface area contributed by atoms with Crippen molar-refractivity contribution in [3.63, 3.8) is 0 Å². The van der Waals surface area contributed by atoms with Crippen molar-refractivity contribution in [2.45, 2.75) is 54.9 Å². The summed E-state index contributed by atoms with van der Waals surface area (Å²) >= 11 is 0. The Labute approximate surface area is 158 Å². The summed E-state index contributed by atoms with van der Waals surface area (Å²) in [6.07, 6.45) is 0.768. The van der Waals surface area contributed by atoms with Gasteiger partial charge < -0.3 is 4.74 Å². The van der Waals surface area contributed by atoms with Crippen molar-refractivity contribution in [2.75, 3.05) is 0 Å². The van der Waals surface area contributed by atoms with Gasteiger partial charge in [-0.3, -0.25) is 4.79 Å². The highest BCUT2D eigenvalue weighted by atomic mass is 16.5. The van der Waals surface area contributed by atoms with Crippen molar-refractivity contribution in [3.8, 4) is 16.9 Å². The van der Waals surface area contributed by atoms with Crippen LogP contribution in [0.3, 0.4) is 0 Å². The maximum absolute atomic E-state index is 13.1. The zero-order chi connectivity index (χ0) is 19.6. The van der Waals surface area contributed by atoms with Crippen LogP contribution in [-0.2, 0) is 4.79 Å². The summed E-state index contributed by atoms with van der Waals surface area (Å²) in [5, 5.41) is 0. The Morgan fingerprint density at radius 2 is 1.27 bits per heavy atom. The van der Waals surface area contributed by atoms with Gasteiger partial charge in [0.05, 0.1) is 5.41 Å². The van der Waals surface area contributed by atoms with E-state index in [4.69, 9.17) is 4.74 Å². The highest BCUT2D eigenvalue weighted by Crippen LogP contribution is 2.47. The second-order valence-electron chi connectivity index (χ2n) is 9.60. The first kappa shape index (κ1) is 20.2. The van der Waals surface area contributed by atoms with E-state index in [2.05, 4.69) is 53.7 Å². The first-order chi connectivity index (χ1) is 11.9. The molecule has 0 aliphatic rings. The van der Waals surface area contributed by atoms with E-state index in [1.165, 1.54) is 0 Å². The molecule has 0 N–H and O–H groups in total. The van der Waals surface area contributed by atoms with Crippen LogP contribution in [0.15, 0.2) is 54.6 Å². The highest BCUT2D eigenvalue weighted by Gasteiger charge is 2.47. The summed E-state index contributed by atoms with van der Waals surface area (Å²) in [6, 6.07) is 17.9. The molecular formula is C24H32O2. The predicted molar refractivity (Wildman–Crippen MR) is 109 cm³/mol. The van der Waals surface area contributed by atoms with Crippen LogP contribution in [0.1, 0.15) is 54.9 Å². The van der Waals surface area contributed by atoms with Crippen molar-refractivity contribution in [1.82, 2.24) is 0 Å². The Bertz CT molecular complexity index is 731. The Kier molecular flexibility index (Phi) is 5.65. The fraction of sp³-hybridized carbons (Fsp3) is 0.458.